The molecular formula is C18H15F3O. The van der Waals surface area contributed by atoms with Gasteiger partial charge in [0.1, 0.15) is 12.0 Å². The molecule has 0 aliphatic heterocycles. The van der Waals surface area contributed by atoms with Gasteiger partial charge in [0.15, 0.2) is 0 Å². The molecule has 4 heteroatoms. The first-order valence-electron chi connectivity index (χ1n) is 6.70. The molecule has 0 heterocycles. The van der Waals surface area contributed by atoms with E-state index in [0.717, 1.165) is 5.56 Å². The van der Waals surface area contributed by atoms with Crippen molar-refractivity contribution in [1.29, 1.82) is 0 Å². The van der Waals surface area contributed by atoms with Crippen molar-refractivity contribution in [1.82, 2.24) is 0 Å². The van der Waals surface area contributed by atoms with Gasteiger partial charge in [0.25, 0.3) is 0 Å². The predicted molar refractivity (Wildman–Crippen MR) is 79.3 cm³/mol. The second-order valence-corrected chi connectivity index (χ2v) is 5.12. The third kappa shape index (κ3) is 3.49. The van der Waals surface area contributed by atoms with Crippen LogP contribution in [0.15, 0.2) is 48.5 Å². The number of benzene rings is 2. The number of rotatable bonds is 3. The third-order valence-corrected chi connectivity index (χ3v) is 3.46. The van der Waals surface area contributed by atoms with E-state index in [9.17, 15) is 18.3 Å². The Morgan fingerprint density at radius 2 is 1.59 bits per heavy atom. The van der Waals surface area contributed by atoms with Crippen LogP contribution in [-0.2, 0) is 0 Å². The van der Waals surface area contributed by atoms with Gasteiger partial charge in [0.05, 0.1) is 0 Å². The van der Waals surface area contributed by atoms with E-state index in [0.29, 0.717) is 0 Å². The summed E-state index contributed by atoms with van der Waals surface area (Å²) in [4.78, 5) is 0. The van der Waals surface area contributed by atoms with Crippen molar-refractivity contribution in [2.24, 2.45) is 0 Å². The number of aryl methyl sites for hydroxylation is 1. The molecule has 22 heavy (non-hydrogen) atoms. The quantitative estimate of drug-likeness (QED) is 0.836. The van der Waals surface area contributed by atoms with Crippen LogP contribution in [0, 0.1) is 19.3 Å². The van der Waals surface area contributed by atoms with E-state index < -0.39 is 18.2 Å². The van der Waals surface area contributed by atoms with Crippen LogP contribution in [0.5, 0.6) is 0 Å². The minimum atomic E-state index is -4.44. The average molecular weight is 304 g/mol. The molecule has 0 aliphatic carbocycles. The topological polar surface area (TPSA) is 20.2 Å². The van der Waals surface area contributed by atoms with Crippen LogP contribution in [0.1, 0.15) is 34.3 Å². The molecule has 2 rings (SSSR count). The minimum absolute atomic E-state index is 0.0585. The van der Waals surface area contributed by atoms with Crippen molar-refractivity contribution >= 4 is 0 Å². The summed E-state index contributed by atoms with van der Waals surface area (Å²) in [6.45, 7) is 1.82. The maximum atomic E-state index is 13.5. The molecule has 114 valence electrons. The van der Waals surface area contributed by atoms with Crippen molar-refractivity contribution < 1.29 is 18.3 Å². The molecule has 1 nitrogen and oxygen atoms in total. The summed E-state index contributed by atoms with van der Waals surface area (Å²) in [6, 6.07) is 11.9. The number of aliphatic hydroxyl groups excluding tert-OH is 1. The van der Waals surface area contributed by atoms with Gasteiger partial charge in [-0.15, -0.1) is 6.42 Å². The van der Waals surface area contributed by atoms with Gasteiger partial charge < -0.3 is 5.11 Å². The number of halogens is 3. The highest BCUT2D eigenvalue weighted by Crippen LogP contribution is 2.40. The summed E-state index contributed by atoms with van der Waals surface area (Å²) in [5.74, 6) is 0.356. The highest BCUT2D eigenvalue weighted by molar-refractivity contribution is 5.39. The molecule has 0 bridgehead atoms. The van der Waals surface area contributed by atoms with Crippen molar-refractivity contribution in [2.75, 3.05) is 0 Å². The van der Waals surface area contributed by atoms with Gasteiger partial charge in [0, 0.05) is 0 Å². The van der Waals surface area contributed by atoms with Gasteiger partial charge in [-0.3, -0.25) is 0 Å². The molecule has 0 saturated heterocycles. The van der Waals surface area contributed by atoms with E-state index in [1.807, 2.05) is 6.92 Å². The second-order valence-electron chi connectivity index (χ2n) is 5.12. The SMILES string of the molecule is C#CC(O)c1cccc(C(c2ccc(C)cc2)C(F)(F)F)c1. The van der Waals surface area contributed by atoms with E-state index in [-0.39, 0.29) is 16.7 Å². The first-order valence-corrected chi connectivity index (χ1v) is 6.70. The summed E-state index contributed by atoms with van der Waals surface area (Å²) in [5.41, 5.74) is 1.39. The Morgan fingerprint density at radius 1 is 1.00 bits per heavy atom. The molecule has 0 aromatic heterocycles. The molecule has 0 saturated carbocycles. The first-order chi connectivity index (χ1) is 10.3. The Morgan fingerprint density at radius 3 is 2.14 bits per heavy atom. The zero-order chi connectivity index (χ0) is 16.3. The van der Waals surface area contributed by atoms with Crippen LogP contribution < -0.4 is 0 Å². The normalized spacial score (nSPS) is 14.2. The van der Waals surface area contributed by atoms with Crippen LogP contribution in [0.2, 0.25) is 0 Å². The fraction of sp³-hybridized carbons (Fsp3) is 0.222. The largest absolute Gasteiger partial charge is 0.399 e. The predicted octanol–water partition coefficient (Wildman–Crippen LogP) is 4.36. The van der Waals surface area contributed by atoms with Gasteiger partial charge in [-0.05, 0) is 23.6 Å². The van der Waals surface area contributed by atoms with Crippen molar-refractivity contribution in [3.8, 4) is 12.3 Å². The zero-order valence-corrected chi connectivity index (χ0v) is 11.9. The lowest BCUT2D eigenvalue weighted by Gasteiger charge is -2.22. The fourth-order valence-electron chi connectivity index (χ4n) is 2.33. The lowest BCUT2D eigenvalue weighted by Crippen LogP contribution is -2.22. The van der Waals surface area contributed by atoms with Crippen molar-refractivity contribution in [3.63, 3.8) is 0 Å². The summed E-state index contributed by atoms with van der Waals surface area (Å²) >= 11 is 0. The maximum Gasteiger partial charge on any atom is 0.399 e. The molecule has 0 spiro atoms. The molecule has 0 fully saturated rings. The van der Waals surface area contributed by atoms with Crippen LogP contribution in [-0.4, -0.2) is 11.3 Å². The monoisotopic (exact) mass is 304 g/mol. The standard InChI is InChI=1S/C18H15F3O/c1-3-16(22)14-5-4-6-15(11-14)17(18(19,20)21)13-9-7-12(2)8-10-13/h1,4-11,16-17,22H,2H3. The maximum absolute atomic E-state index is 13.5. The Hall–Kier alpha value is -2.25. The average Bonchev–Trinajstić information content (AvgIpc) is 2.47. The zero-order valence-electron chi connectivity index (χ0n) is 11.9. The molecular weight excluding hydrogens is 289 g/mol. The molecule has 2 atom stereocenters. The van der Waals surface area contributed by atoms with Crippen LogP contribution >= 0.6 is 0 Å². The first kappa shape index (κ1) is 16.1. The number of hydrogen-bond donors (Lipinski definition) is 1. The van der Waals surface area contributed by atoms with Crippen LogP contribution in [0.3, 0.4) is 0 Å². The van der Waals surface area contributed by atoms with Gasteiger partial charge in [-0.1, -0.05) is 60.0 Å². The lowest BCUT2D eigenvalue weighted by atomic mass is 9.89. The fourth-order valence-corrected chi connectivity index (χ4v) is 2.33. The third-order valence-electron chi connectivity index (χ3n) is 3.46. The number of hydrogen-bond acceptors (Lipinski definition) is 1. The molecule has 1 N–H and O–H groups in total. The highest BCUT2D eigenvalue weighted by atomic mass is 19.4. The number of alkyl halides is 3. The van der Waals surface area contributed by atoms with Crippen LogP contribution in [0.4, 0.5) is 13.2 Å². The minimum Gasteiger partial charge on any atom is -0.376 e. The molecule has 0 aliphatic rings. The summed E-state index contributed by atoms with van der Waals surface area (Å²) in [7, 11) is 0. The van der Waals surface area contributed by atoms with Crippen molar-refractivity contribution in [2.45, 2.75) is 25.1 Å². The summed E-state index contributed by atoms with van der Waals surface area (Å²) < 4.78 is 40.5. The molecule has 2 aromatic carbocycles. The van der Waals surface area contributed by atoms with E-state index in [2.05, 4.69) is 5.92 Å². The molecule has 2 unspecified atom stereocenters. The Labute approximate surface area is 127 Å². The molecule has 0 amide bonds. The van der Waals surface area contributed by atoms with E-state index in [4.69, 9.17) is 6.42 Å². The smallest absolute Gasteiger partial charge is 0.376 e. The van der Waals surface area contributed by atoms with E-state index >= 15 is 0 Å². The Kier molecular flexibility index (Phi) is 4.58. The lowest BCUT2D eigenvalue weighted by molar-refractivity contribution is -0.141. The van der Waals surface area contributed by atoms with E-state index in [1.54, 1.807) is 12.1 Å². The van der Waals surface area contributed by atoms with Crippen LogP contribution in [0.25, 0.3) is 0 Å². The highest BCUT2D eigenvalue weighted by Gasteiger charge is 2.41. The van der Waals surface area contributed by atoms with Gasteiger partial charge in [0.2, 0.25) is 0 Å². The van der Waals surface area contributed by atoms with Gasteiger partial charge >= 0.3 is 6.18 Å². The molecule has 0 radical (unpaired) electrons. The Bertz CT molecular complexity index is 681. The summed E-state index contributed by atoms with van der Waals surface area (Å²) in [5, 5.41) is 9.63. The number of terminal acetylenes is 1. The van der Waals surface area contributed by atoms with Crippen molar-refractivity contribution in [3.05, 3.63) is 70.8 Å². The Balaban J connectivity index is 2.52. The summed E-state index contributed by atoms with van der Waals surface area (Å²) in [6.07, 6.45) is -0.530. The number of aliphatic hydroxyl groups is 1. The van der Waals surface area contributed by atoms with E-state index in [1.165, 1.54) is 36.4 Å². The van der Waals surface area contributed by atoms with Gasteiger partial charge in [-0.25, -0.2) is 0 Å². The second kappa shape index (κ2) is 6.25. The van der Waals surface area contributed by atoms with Gasteiger partial charge in [-0.2, -0.15) is 13.2 Å². The molecule has 2 aromatic rings.